The Balaban J connectivity index is 1.78. The molecular formula is C30H33BrO11. The van der Waals surface area contributed by atoms with Gasteiger partial charge in [0.1, 0.15) is 31.5 Å². The molecule has 5 atom stereocenters. The molecule has 2 aliphatic rings. The molecule has 0 aliphatic carbocycles. The van der Waals surface area contributed by atoms with Gasteiger partial charge in [-0.2, -0.15) is 0 Å². The van der Waals surface area contributed by atoms with Crippen molar-refractivity contribution in [1.29, 1.82) is 0 Å². The molecule has 12 heteroatoms. The van der Waals surface area contributed by atoms with E-state index in [0.29, 0.717) is 36.7 Å². The van der Waals surface area contributed by atoms with Crippen LogP contribution >= 0.6 is 15.9 Å². The largest absolute Gasteiger partial charge is 0.486 e. The van der Waals surface area contributed by atoms with Crippen molar-refractivity contribution in [3.63, 3.8) is 0 Å². The summed E-state index contributed by atoms with van der Waals surface area (Å²) in [5, 5.41) is 0. The Hall–Kier alpha value is -3.64. The molecular weight excluding hydrogens is 616 g/mol. The smallest absolute Gasteiger partial charge is 0.303 e. The molecule has 0 radical (unpaired) electrons. The minimum Gasteiger partial charge on any atom is -0.486 e. The van der Waals surface area contributed by atoms with Gasteiger partial charge in [-0.3, -0.25) is 19.2 Å². The molecule has 2 aromatic rings. The monoisotopic (exact) mass is 648 g/mol. The Labute approximate surface area is 251 Å². The molecule has 0 N–H and O–H groups in total. The number of benzene rings is 2. The molecule has 226 valence electrons. The van der Waals surface area contributed by atoms with E-state index in [0.717, 1.165) is 15.6 Å². The average Bonchev–Trinajstić information content (AvgIpc) is 2.91. The van der Waals surface area contributed by atoms with Gasteiger partial charge in [0.05, 0.1) is 0 Å². The molecule has 0 spiro atoms. The van der Waals surface area contributed by atoms with Crippen LogP contribution < -0.4 is 9.47 Å². The fourth-order valence-electron chi connectivity index (χ4n) is 5.16. The number of carbonyl (C=O) groups excluding carboxylic acids is 4. The Bertz CT molecular complexity index is 1360. The fourth-order valence-corrected chi connectivity index (χ4v) is 5.54. The molecule has 0 aromatic heterocycles. The van der Waals surface area contributed by atoms with Crippen LogP contribution in [0.5, 0.6) is 11.5 Å². The maximum atomic E-state index is 12.3. The Kier molecular flexibility index (Phi) is 9.78. The summed E-state index contributed by atoms with van der Waals surface area (Å²) in [6, 6.07) is 11.2. The van der Waals surface area contributed by atoms with E-state index in [-0.39, 0.29) is 6.61 Å². The predicted octanol–water partition coefficient (Wildman–Crippen LogP) is 3.78. The van der Waals surface area contributed by atoms with Crippen LogP contribution in [-0.2, 0) is 54.9 Å². The minimum atomic E-state index is -1.44. The summed E-state index contributed by atoms with van der Waals surface area (Å²) in [6.45, 7) is 7.14. The molecule has 1 unspecified atom stereocenters. The van der Waals surface area contributed by atoms with Gasteiger partial charge >= 0.3 is 23.9 Å². The summed E-state index contributed by atoms with van der Waals surface area (Å²) in [5.41, 5.74) is 0.980. The van der Waals surface area contributed by atoms with Gasteiger partial charge in [0.15, 0.2) is 29.8 Å². The van der Waals surface area contributed by atoms with Gasteiger partial charge in [0.2, 0.25) is 0 Å². The highest BCUT2D eigenvalue weighted by Crippen LogP contribution is 2.43. The van der Waals surface area contributed by atoms with Crippen molar-refractivity contribution in [2.45, 2.75) is 71.1 Å². The third-order valence-electron chi connectivity index (χ3n) is 6.90. The van der Waals surface area contributed by atoms with E-state index < -0.39 is 53.9 Å². The summed E-state index contributed by atoms with van der Waals surface area (Å²) >= 11 is 3.63. The van der Waals surface area contributed by atoms with Gasteiger partial charge in [0, 0.05) is 32.2 Å². The first-order valence-corrected chi connectivity index (χ1v) is 14.2. The Morgan fingerprint density at radius 3 is 2.12 bits per heavy atom. The molecule has 0 saturated carbocycles. The maximum Gasteiger partial charge on any atom is 0.303 e. The highest BCUT2D eigenvalue weighted by Gasteiger charge is 2.58. The van der Waals surface area contributed by atoms with Crippen LogP contribution in [0.1, 0.15) is 51.3 Å². The Morgan fingerprint density at radius 1 is 0.833 bits per heavy atom. The molecule has 1 saturated heterocycles. The third-order valence-corrected chi connectivity index (χ3v) is 7.67. The predicted molar refractivity (Wildman–Crippen MR) is 150 cm³/mol. The van der Waals surface area contributed by atoms with Crippen LogP contribution in [0, 0.1) is 0 Å². The van der Waals surface area contributed by atoms with Crippen molar-refractivity contribution in [3.8, 4) is 11.5 Å². The second-order valence-corrected chi connectivity index (χ2v) is 11.1. The van der Waals surface area contributed by atoms with Crippen molar-refractivity contribution in [2.75, 3.05) is 19.8 Å². The molecule has 42 heavy (non-hydrogen) atoms. The molecule has 0 amide bonds. The van der Waals surface area contributed by atoms with E-state index in [1.807, 2.05) is 30.3 Å². The van der Waals surface area contributed by atoms with Crippen molar-refractivity contribution in [2.24, 2.45) is 0 Å². The van der Waals surface area contributed by atoms with Gasteiger partial charge in [-0.1, -0.05) is 34.1 Å². The summed E-state index contributed by atoms with van der Waals surface area (Å²) in [4.78, 5) is 48.4. The van der Waals surface area contributed by atoms with Crippen molar-refractivity contribution in [3.05, 3.63) is 57.6 Å². The minimum absolute atomic E-state index is 0.312. The second kappa shape index (κ2) is 13.1. The van der Waals surface area contributed by atoms with E-state index in [2.05, 4.69) is 15.9 Å². The van der Waals surface area contributed by atoms with Crippen LogP contribution in [0.15, 0.2) is 40.9 Å². The number of hydrogen-bond acceptors (Lipinski definition) is 11. The lowest BCUT2D eigenvalue weighted by Gasteiger charge is -2.50. The van der Waals surface area contributed by atoms with Gasteiger partial charge in [0.25, 0.3) is 0 Å². The van der Waals surface area contributed by atoms with E-state index >= 15 is 0 Å². The molecule has 11 nitrogen and oxygen atoms in total. The van der Waals surface area contributed by atoms with Gasteiger partial charge in [-0.15, -0.1) is 0 Å². The van der Waals surface area contributed by atoms with E-state index in [9.17, 15) is 19.2 Å². The molecule has 4 rings (SSSR count). The lowest BCUT2D eigenvalue weighted by molar-refractivity contribution is -0.285. The van der Waals surface area contributed by atoms with Gasteiger partial charge < -0.3 is 33.2 Å². The zero-order valence-electron chi connectivity index (χ0n) is 24.0. The second-order valence-electron chi connectivity index (χ2n) is 10.2. The number of esters is 4. The summed E-state index contributed by atoms with van der Waals surface area (Å²) in [5.74, 6) is -1.29. The van der Waals surface area contributed by atoms with E-state index in [1.54, 1.807) is 13.0 Å². The number of ether oxygens (including phenoxy) is 7. The quantitative estimate of drug-likeness (QED) is 0.306. The average molecular weight is 649 g/mol. The fraction of sp³-hybridized carbons (Fsp3) is 0.467. The lowest BCUT2D eigenvalue weighted by Crippen LogP contribution is -2.65. The van der Waals surface area contributed by atoms with Crippen molar-refractivity contribution >= 4 is 39.8 Å². The van der Waals surface area contributed by atoms with Crippen LogP contribution in [0.2, 0.25) is 0 Å². The zero-order valence-corrected chi connectivity index (χ0v) is 25.6. The first-order valence-electron chi connectivity index (χ1n) is 13.4. The first kappa shape index (κ1) is 31.3. The van der Waals surface area contributed by atoms with Crippen LogP contribution in [0.25, 0.3) is 0 Å². The molecule has 2 aliphatic heterocycles. The molecule has 1 fully saturated rings. The number of hydrogen-bond donors (Lipinski definition) is 0. The number of halogens is 1. The number of carbonyl (C=O) groups is 4. The standard InChI is InChI=1S/C30H33BrO11/c1-16(32)38-15-26-27(39-17(2)33)28(40-18(3)34)29(41-19(4)35)30(5,42-26)22-7-8-23(31)21(14-22)12-20-6-9-24-25(13-20)37-11-10-36-24/h6-9,13-14,26-29H,10-12,15H2,1-5H3/t26-,27-,28+,29-,30?/m1/s1. The highest BCUT2D eigenvalue weighted by atomic mass is 79.9. The van der Waals surface area contributed by atoms with E-state index in [1.165, 1.54) is 27.7 Å². The maximum absolute atomic E-state index is 12.3. The van der Waals surface area contributed by atoms with Crippen LogP contribution in [0.3, 0.4) is 0 Å². The molecule has 2 aromatic carbocycles. The van der Waals surface area contributed by atoms with E-state index in [4.69, 9.17) is 33.2 Å². The normalized spacial score (nSPS) is 24.7. The van der Waals surface area contributed by atoms with Gasteiger partial charge in [-0.25, -0.2) is 0 Å². The molecule has 2 heterocycles. The highest BCUT2D eigenvalue weighted by molar-refractivity contribution is 9.10. The topological polar surface area (TPSA) is 133 Å². The third kappa shape index (κ3) is 7.22. The summed E-state index contributed by atoms with van der Waals surface area (Å²) in [7, 11) is 0. The first-order chi connectivity index (χ1) is 19.9. The number of fused-ring (bicyclic) bond motifs is 1. The van der Waals surface area contributed by atoms with Crippen LogP contribution in [-0.4, -0.2) is 68.1 Å². The lowest BCUT2D eigenvalue weighted by atomic mass is 9.80. The molecule has 0 bridgehead atoms. The summed E-state index contributed by atoms with van der Waals surface area (Å²) < 4.78 is 40.8. The van der Waals surface area contributed by atoms with Crippen molar-refractivity contribution in [1.82, 2.24) is 0 Å². The zero-order chi connectivity index (χ0) is 30.6. The number of rotatable bonds is 8. The summed E-state index contributed by atoms with van der Waals surface area (Å²) in [6.07, 6.45) is -4.32. The van der Waals surface area contributed by atoms with Crippen molar-refractivity contribution < 1.29 is 52.3 Å². The Morgan fingerprint density at radius 2 is 1.48 bits per heavy atom. The van der Waals surface area contributed by atoms with Gasteiger partial charge in [-0.05, 0) is 48.2 Å². The van der Waals surface area contributed by atoms with Crippen LogP contribution in [0.4, 0.5) is 0 Å². The SMILES string of the molecule is CC(=O)OC[C@H]1OC(C)(c2ccc(Br)c(Cc3ccc4c(c3)OCCO4)c2)[C@H](OC(C)=O)[C@@H](OC(C)=O)[C@@H]1OC(C)=O.